The minimum atomic E-state index is -0.510. The quantitative estimate of drug-likeness (QED) is 0.278. The Labute approximate surface area is 219 Å². The number of carbonyl (C=O) groups is 1. The van der Waals surface area contributed by atoms with Crippen LogP contribution in [-0.2, 0) is 13.0 Å². The van der Waals surface area contributed by atoms with Crippen molar-refractivity contribution in [1.29, 1.82) is 0 Å². The molecule has 8 nitrogen and oxygen atoms in total. The number of fused-ring (bicyclic) bond motifs is 2. The summed E-state index contributed by atoms with van der Waals surface area (Å²) in [5, 5.41) is 0.709. The first-order valence-electron chi connectivity index (χ1n) is 11.9. The Morgan fingerprint density at radius 2 is 1.70 bits per heavy atom. The molecule has 0 saturated carbocycles. The smallest absolute Gasteiger partial charge is 0.355 e. The van der Waals surface area contributed by atoms with Crippen LogP contribution in [0.1, 0.15) is 26.5 Å². The molecule has 0 fully saturated rings. The molecule has 0 atom stereocenters. The van der Waals surface area contributed by atoms with Gasteiger partial charge in [-0.15, -0.1) is 11.3 Å². The maximum atomic E-state index is 13.2. The highest BCUT2D eigenvalue weighted by Gasteiger charge is 2.29. The third-order valence-electron chi connectivity index (χ3n) is 6.61. The number of likely N-dealkylation sites (N-methyl/N-ethyl adjacent to an activating group) is 1. The molecule has 0 amide bonds. The van der Waals surface area contributed by atoms with E-state index in [1.54, 1.807) is 39.5 Å². The molecule has 192 valence electrons. The Morgan fingerprint density at radius 3 is 2.38 bits per heavy atom. The van der Waals surface area contributed by atoms with Gasteiger partial charge in [0.1, 0.15) is 21.2 Å². The zero-order chi connectivity index (χ0) is 26.3. The van der Waals surface area contributed by atoms with Crippen LogP contribution in [0.2, 0.25) is 0 Å². The minimum absolute atomic E-state index is 0.319. The molecule has 0 bridgehead atoms. The zero-order valence-electron chi connectivity index (χ0n) is 21.5. The maximum absolute atomic E-state index is 13.2. The number of ether oxygens (including phenoxy) is 4. The summed E-state index contributed by atoms with van der Waals surface area (Å²) in [6.07, 6.45) is 0.783. The molecule has 2 aromatic carbocycles. The Hall–Kier alpha value is -3.82. The van der Waals surface area contributed by atoms with Crippen LogP contribution in [0.3, 0.4) is 0 Å². The molecule has 2 N–H and O–H groups in total. The van der Waals surface area contributed by atoms with Crippen LogP contribution in [-0.4, -0.2) is 50.8 Å². The summed E-state index contributed by atoms with van der Waals surface area (Å²) >= 11 is 1.25. The molecule has 4 aromatic rings. The minimum Gasteiger partial charge on any atom is -0.496 e. The van der Waals surface area contributed by atoms with Gasteiger partial charge in [0, 0.05) is 47.8 Å². The molecule has 2 aromatic heterocycles. The van der Waals surface area contributed by atoms with Crippen molar-refractivity contribution in [2.24, 2.45) is 0 Å². The fourth-order valence-corrected chi connectivity index (χ4v) is 5.69. The van der Waals surface area contributed by atoms with E-state index in [9.17, 15) is 4.79 Å². The van der Waals surface area contributed by atoms with Gasteiger partial charge in [-0.1, -0.05) is 17.7 Å². The fourth-order valence-electron chi connectivity index (χ4n) is 4.69. The number of nitrogens with zero attached hydrogens (tertiary/aromatic N) is 2. The average molecular weight is 520 g/mol. The van der Waals surface area contributed by atoms with Gasteiger partial charge >= 0.3 is 5.97 Å². The Kier molecular flexibility index (Phi) is 6.66. The van der Waals surface area contributed by atoms with Crippen LogP contribution in [0.5, 0.6) is 23.0 Å². The van der Waals surface area contributed by atoms with Gasteiger partial charge in [0.05, 0.1) is 27.0 Å². The van der Waals surface area contributed by atoms with Gasteiger partial charge in [-0.05, 0) is 37.7 Å². The predicted octanol–water partition coefficient (Wildman–Crippen LogP) is 5.09. The molecular formula is C28H29N3O5S. The van der Waals surface area contributed by atoms with E-state index in [0.717, 1.165) is 40.9 Å². The number of nitrogen functional groups attached to an aromatic ring is 1. The second-order valence-electron chi connectivity index (χ2n) is 9.03. The number of carbonyl (C=O) groups excluding carboxylic acids is 1. The molecule has 5 rings (SSSR count). The number of rotatable bonds is 6. The number of benzene rings is 2. The molecule has 1 aliphatic rings. The Bertz CT molecular complexity index is 1500. The summed E-state index contributed by atoms with van der Waals surface area (Å²) in [7, 11) is 6.87. The standard InChI is InChI=1S/C28H29N3O5S/c1-15-6-8-16(9-7-15)36-28(32)26-25(29)24-23(17-12-21(34-4)22(35-5)13-20(17)33-3)18-14-31(2)11-10-19(18)30-27(24)37-26/h6-9,12-13H,10-11,14,29H2,1-5H3. The van der Waals surface area contributed by atoms with Crippen molar-refractivity contribution >= 4 is 33.2 Å². The molecule has 37 heavy (non-hydrogen) atoms. The largest absolute Gasteiger partial charge is 0.496 e. The highest BCUT2D eigenvalue weighted by molar-refractivity contribution is 7.21. The van der Waals surface area contributed by atoms with Crippen molar-refractivity contribution in [3.05, 3.63) is 58.1 Å². The number of aryl methyl sites for hydroxylation is 1. The first kappa shape index (κ1) is 24.9. The maximum Gasteiger partial charge on any atom is 0.355 e. The van der Waals surface area contributed by atoms with Gasteiger partial charge < -0.3 is 29.6 Å². The van der Waals surface area contributed by atoms with Crippen LogP contribution in [0.4, 0.5) is 5.69 Å². The van der Waals surface area contributed by atoms with Crippen LogP contribution < -0.4 is 24.7 Å². The molecule has 1 aliphatic heterocycles. The van der Waals surface area contributed by atoms with Gasteiger partial charge in [0.2, 0.25) is 0 Å². The summed E-state index contributed by atoms with van der Waals surface area (Å²) < 4.78 is 22.6. The second kappa shape index (κ2) is 9.91. The third-order valence-corrected chi connectivity index (χ3v) is 7.69. The number of nitrogens with two attached hydrogens (primary N) is 1. The normalized spacial score (nSPS) is 13.3. The van der Waals surface area contributed by atoms with Gasteiger partial charge in [-0.25, -0.2) is 9.78 Å². The Balaban J connectivity index is 1.74. The lowest BCUT2D eigenvalue weighted by Gasteiger charge is -2.27. The number of esters is 1. The van der Waals surface area contributed by atoms with E-state index in [2.05, 4.69) is 11.9 Å². The first-order chi connectivity index (χ1) is 17.8. The van der Waals surface area contributed by atoms with Crippen LogP contribution in [0.15, 0.2) is 36.4 Å². The van der Waals surface area contributed by atoms with Gasteiger partial charge in [-0.3, -0.25) is 0 Å². The molecule has 0 radical (unpaired) electrons. The Morgan fingerprint density at radius 1 is 1.03 bits per heavy atom. The van der Waals surface area contributed by atoms with Crippen molar-refractivity contribution in [2.75, 3.05) is 40.7 Å². The summed E-state index contributed by atoms with van der Waals surface area (Å²) in [5.74, 6) is 1.68. The van der Waals surface area contributed by atoms with E-state index >= 15 is 0 Å². The average Bonchev–Trinajstić information content (AvgIpc) is 3.23. The number of methoxy groups -OCH3 is 3. The first-order valence-corrected chi connectivity index (χ1v) is 12.7. The topological polar surface area (TPSA) is 96.1 Å². The molecule has 3 heterocycles. The van der Waals surface area contributed by atoms with Crippen molar-refractivity contribution in [2.45, 2.75) is 19.9 Å². The summed E-state index contributed by atoms with van der Waals surface area (Å²) in [6, 6.07) is 11.0. The summed E-state index contributed by atoms with van der Waals surface area (Å²) in [6.45, 7) is 3.55. The molecule has 0 unspecified atom stereocenters. The van der Waals surface area contributed by atoms with Crippen LogP contribution in [0.25, 0.3) is 21.3 Å². The summed E-state index contributed by atoms with van der Waals surface area (Å²) in [4.78, 5) is 21.4. The fraction of sp³-hybridized carbons (Fsp3) is 0.286. The van der Waals surface area contributed by atoms with E-state index < -0.39 is 5.97 Å². The van der Waals surface area contributed by atoms with Gasteiger partial charge in [0.25, 0.3) is 0 Å². The van der Waals surface area contributed by atoms with E-state index in [4.69, 9.17) is 29.7 Å². The van der Waals surface area contributed by atoms with Gasteiger partial charge in [0.15, 0.2) is 11.5 Å². The SMILES string of the molecule is COc1cc(OC)c(-c2c3c(nc4sc(C(=O)Oc5ccc(C)cc5)c(N)c24)CCN(C)C3)cc1OC. The number of hydrogen-bond donors (Lipinski definition) is 1. The third kappa shape index (κ3) is 4.45. The molecule has 0 saturated heterocycles. The highest BCUT2D eigenvalue weighted by Crippen LogP contribution is 2.48. The number of hydrogen-bond acceptors (Lipinski definition) is 9. The van der Waals surface area contributed by atoms with E-state index in [0.29, 0.717) is 50.3 Å². The highest BCUT2D eigenvalue weighted by atomic mass is 32.1. The summed E-state index contributed by atoms with van der Waals surface area (Å²) in [5.41, 5.74) is 11.8. The molecule has 0 aliphatic carbocycles. The monoisotopic (exact) mass is 519 g/mol. The second-order valence-corrected chi connectivity index (χ2v) is 10.0. The zero-order valence-corrected chi connectivity index (χ0v) is 22.3. The van der Waals surface area contributed by atoms with Crippen LogP contribution in [0, 0.1) is 6.92 Å². The van der Waals surface area contributed by atoms with Crippen molar-refractivity contribution < 1.29 is 23.7 Å². The van der Waals surface area contributed by atoms with Crippen molar-refractivity contribution in [1.82, 2.24) is 9.88 Å². The lowest BCUT2D eigenvalue weighted by Crippen LogP contribution is -2.28. The van der Waals surface area contributed by atoms with E-state index in [-0.39, 0.29) is 0 Å². The number of pyridine rings is 1. The number of aromatic nitrogens is 1. The lowest BCUT2D eigenvalue weighted by molar-refractivity contribution is 0.0741. The van der Waals surface area contributed by atoms with E-state index in [1.165, 1.54) is 11.3 Å². The van der Waals surface area contributed by atoms with Crippen molar-refractivity contribution in [3.63, 3.8) is 0 Å². The predicted molar refractivity (Wildman–Crippen MR) is 145 cm³/mol. The molecular weight excluding hydrogens is 490 g/mol. The lowest BCUT2D eigenvalue weighted by atomic mass is 9.91. The molecule has 0 spiro atoms. The number of anilines is 1. The van der Waals surface area contributed by atoms with Crippen LogP contribution >= 0.6 is 11.3 Å². The van der Waals surface area contributed by atoms with E-state index in [1.807, 2.05) is 25.1 Å². The number of thiophene rings is 1. The van der Waals surface area contributed by atoms with Gasteiger partial charge in [-0.2, -0.15) is 0 Å². The molecule has 9 heteroatoms. The van der Waals surface area contributed by atoms with Crippen molar-refractivity contribution in [3.8, 4) is 34.1 Å².